The number of nitrogens with zero attached hydrogens (tertiary/aromatic N) is 6. The summed E-state index contributed by atoms with van der Waals surface area (Å²) in [5.74, 6) is -0.753. The van der Waals surface area contributed by atoms with Crippen molar-refractivity contribution in [2.24, 2.45) is 0 Å². The highest BCUT2D eigenvalue weighted by Crippen LogP contribution is 2.34. The maximum atomic E-state index is 15.7. The first-order valence-corrected chi connectivity index (χ1v) is 10.8. The lowest BCUT2D eigenvalue weighted by Crippen LogP contribution is -2.26. The molecule has 0 aliphatic carbocycles. The molecule has 0 saturated carbocycles. The minimum Gasteiger partial charge on any atom is -0.383 e. The van der Waals surface area contributed by atoms with Gasteiger partial charge in [0.1, 0.15) is 23.5 Å². The summed E-state index contributed by atoms with van der Waals surface area (Å²) in [7, 11) is 5.31. The fourth-order valence-corrected chi connectivity index (χ4v) is 3.60. The first-order chi connectivity index (χ1) is 16.3. The van der Waals surface area contributed by atoms with Crippen LogP contribution in [0.4, 0.5) is 15.9 Å². The summed E-state index contributed by atoms with van der Waals surface area (Å²) in [6.45, 7) is 0.593. The van der Waals surface area contributed by atoms with Gasteiger partial charge in [0, 0.05) is 30.3 Å². The number of carbonyl (C=O) groups is 1. The molecule has 0 unspecified atom stereocenters. The largest absolute Gasteiger partial charge is 0.383 e. The van der Waals surface area contributed by atoms with E-state index >= 15 is 4.39 Å². The van der Waals surface area contributed by atoms with Crippen LogP contribution in [0.2, 0.25) is 5.02 Å². The summed E-state index contributed by atoms with van der Waals surface area (Å²) in [5, 5.41) is 5.69. The van der Waals surface area contributed by atoms with Gasteiger partial charge in [0.15, 0.2) is 11.5 Å². The molecule has 0 atom stereocenters. The number of hydrogen-bond acceptors (Lipinski definition) is 6. The third kappa shape index (κ3) is 4.48. The van der Waals surface area contributed by atoms with Crippen LogP contribution in [0.25, 0.3) is 28.0 Å². The second kappa shape index (κ2) is 9.58. The molecule has 2 heterocycles. The molecule has 0 aliphatic rings. The molecule has 2 aromatic heterocycles. The number of likely N-dealkylation sites (N-methyl/N-ethyl adjacent to an activating group) is 2. The number of aromatic nitrogens is 4. The van der Waals surface area contributed by atoms with Crippen LogP contribution in [0, 0.1) is 5.82 Å². The Morgan fingerprint density at radius 1 is 1.15 bits per heavy atom. The van der Waals surface area contributed by atoms with Crippen molar-refractivity contribution >= 4 is 40.0 Å². The second-order valence-corrected chi connectivity index (χ2v) is 8.33. The van der Waals surface area contributed by atoms with Crippen LogP contribution >= 0.6 is 11.6 Å². The summed E-state index contributed by atoms with van der Waals surface area (Å²) in [6, 6.07) is 11.8. The lowest BCUT2D eigenvalue weighted by Gasteiger charge is -2.18. The maximum Gasteiger partial charge on any atom is 0.250 e. The predicted molar refractivity (Wildman–Crippen MR) is 133 cm³/mol. The van der Waals surface area contributed by atoms with Crippen LogP contribution in [-0.4, -0.2) is 58.2 Å². The second-order valence-electron chi connectivity index (χ2n) is 7.90. The lowest BCUT2D eigenvalue weighted by atomic mass is 10.1. The Morgan fingerprint density at radius 2 is 1.88 bits per heavy atom. The molecule has 0 spiro atoms. The average Bonchev–Trinajstić information content (AvgIpc) is 3.20. The van der Waals surface area contributed by atoms with Crippen molar-refractivity contribution in [3.05, 3.63) is 71.8 Å². The van der Waals surface area contributed by atoms with Crippen molar-refractivity contribution in [3.63, 3.8) is 0 Å². The Morgan fingerprint density at radius 3 is 2.59 bits per heavy atom. The van der Waals surface area contributed by atoms with Gasteiger partial charge in [-0.3, -0.25) is 4.79 Å². The zero-order valence-electron chi connectivity index (χ0n) is 18.9. The van der Waals surface area contributed by atoms with Crippen molar-refractivity contribution in [2.75, 3.05) is 38.3 Å². The van der Waals surface area contributed by atoms with Gasteiger partial charge in [-0.2, -0.15) is 5.10 Å². The highest BCUT2D eigenvalue weighted by atomic mass is 35.5. The fraction of sp³-hybridized carbons (Fsp3) is 0.167. The van der Waals surface area contributed by atoms with Crippen molar-refractivity contribution in [1.29, 1.82) is 0 Å². The van der Waals surface area contributed by atoms with Gasteiger partial charge in [0.2, 0.25) is 0 Å². The number of hydrogen-bond donors (Lipinski definition) is 1. The average molecular weight is 480 g/mol. The first-order valence-electron chi connectivity index (χ1n) is 10.4. The Labute approximate surface area is 201 Å². The third-order valence-electron chi connectivity index (χ3n) is 5.22. The zero-order valence-corrected chi connectivity index (χ0v) is 19.7. The van der Waals surface area contributed by atoms with E-state index in [-0.39, 0.29) is 23.1 Å². The summed E-state index contributed by atoms with van der Waals surface area (Å²) in [6.07, 6.45) is 4.44. The summed E-state index contributed by atoms with van der Waals surface area (Å²) in [5.41, 5.74) is 7.94. The highest BCUT2D eigenvalue weighted by Gasteiger charge is 2.22. The molecule has 10 heteroatoms. The van der Waals surface area contributed by atoms with Crippen LogP contribution in [0.5, 0.6) is 0 Å². The smallest absolute Gasteiger partial charge is 0.250 e. The minimum absolute atomic E-state index is 0.107. The van der Waals surface area contributed by atoms with Crippen molar-refractivity contribution in [1.82, 2.24) is 24.6 Å². The van der Waals surface area contributed by atoms with Crippen LogP contribution < -0.4 is 10.6 Å². The summed E-state index contributed by atoms with van der Waals surface area (Å²) < 4.78 is 17.1. The fourth-order valence-electron chi connectivity index (χ4n) is 3.48. The van der Waals surface area contributed by atoms with E-state index in [1.165, 1.54) is 35.1 Å². The van der Waals surface area contributed by atoms with Crippen molar-refractivity contribution in [3.8, 4) is 16.9 Å². The molecule has 0 bridgehead atoms. The zero-order chi connectivity index (χ0) is 24.4. The van der Waals surface area contributed by atoms with Gasteiger partial charge in [-0.25, -0.2) is 19.0 Å². The quantitative estimate of drug-likeness (QED) is 0.421. The van der Waals surface area contributed by atoms with E-state index in [0.29, 0.717) is 28.3 Å². The first kappa shape index (κ1) is 23.3. The molecule has 8 nitrogen and oxygen atoms in total. The number of benzene rings is 2. The van der Waals surface area contributed by atoms with E-state index in [9.17, 15) is 4.79 Å². The SMILES string of the molecule is CN(C)C/C=C/C(=O)N(C)c1cccc(-n2nc(-c3ccc(Cl)cc3)c3c(N)ncnc32)c1F. The number of halogens is 2. The van der Waals surface area contributed by atoms with Gasteiger partial charge < -0.3 is 15.5 Å². The van der Waals surface area contributed by atoms with Gasteiger partial charge in [-0.1, -0.05) is 35.9 Å². The third-order valence-corrected chi connectivity index (χ3v) is 5.47. The summed E-state index contributed by atoms with van der Waals surface area (Å²) in [4.78, 5) is 24.1. The van der Waals surface area contributed by atoms with E-state index in [1.807, 2.05) is 19.0 Å². The molecular weight excluding hydrogens is 457 g/mol. The minimum atomic E-state index is -0.622. The summed E-state index contributed by atoms with van der Waals surface area (Å²) >= 11 is 6.03. The molecule has 1 amide bonds. The molecule has 0 fully saturated rings. The Hall–Kier alpha value is -3.82. The van der Waals surface area contributed by atoms with E-state index in [2.05, 4.69) is 15.1 Å². The van der Waals surface area contributed by atoms with Gasteiger partial charge >= 0.3 is 0 Å². The van der Waals surface area contributed by atoms with E-state index in [0.717, 1.165) is 5.56 Å². The van der Waals surface area contributed by atoms with Gasteiger partial charge in [-0.15, -0.1) is 0 Å². The van der Waals surface area contributed by atoms with Crippen LogP contribution in [0.1, 0.15) is 0 Å². The molecule has 174 valence electrons. The van der Waals surface area contributed by atoms with E-state index in [1.54, 1.807) is 42.5 Å². The number of rotatable bonds is 6. The van der Waals surface area contributed by atoms with Crippen LogP contribution in [0.3, 0.4) is 0 Å². The standard InChI is InChI=1S/C24H23ClFN7O/c1-31(2)13-5-8-19(34)32(3)17-6-4-7-18(21(17)26)33-24-20(23(27)28-14-29-24)22(30-33)15-9-11-16(25)12-10-15/h4-12,14H,13H2,1-3H3,(H2,27,28,29)/b8-5+. The molecule has 4 rings (SSSR count). The monoisotopic (exact) mass is 479 g/mol. The number of nitrogen functional groups attached to an aromatic ring is 1. The van der Waals surface area contributed by atoms with Crippen LogP contribution in [-0.2, 0) is 4.79 Å². The van der Waals surface area contributed by atoms with Crippen LogP contribution in [0.15, 0.2) is 60.9 Å². The Bertz CT molecular complexity index is 1380. The van der Waals surface area contributed by atoms with Gasteiger partial charge in [0.05, 0.1) is 11.1 Å². The Kier molecular flexibility index (Phi) is 6.58. The van der Waals surface area contributed by atoms with Crippen molar-refractivity contribution in [2.45, 2.75) is 0 Å². The van der Waals surface area contributed by atoms with E-state index in [4.69, 9.17) is 17.3 Å². The topological polar surface area (TPSA) is 93.2 Å². The van der Waals surface area contributed by atoms with Gasteiger partial charge in [-0.05, 0) is 38.4 Å². The van der Waals surface area contributed by atoms with Crippen molar-refractivity contribution < 1.29 is 9.18 Å². The lowest BCUT2D eigenvalue weighted by molar-refractivity contribution is -0.113. The predicted octanol–water partition coefficient (Wildman–Crippen LogP) is 3.94. The number of anilines is 2. The molecule has 2 aromatic carbocycles. The number of fused-ring (bicyclic) bond motifs is 1. The van der Waals surface area contributed by atoms with E-state index < -0.39 is 5.82 Å². The molecule has 0 saturated heterocycles. The molecule has 4 aromatic rings. The molecular formula is C24H23ClFN7O. The maximum absolute atomic E-state index is 15.7. The highest BCUT2D eigenvalue weighted by molar-refractivity contribution is 6.30. The Balaban J connectivity index is 1.82. The molecule has 0 radical (unpaired) electrons. The molecule has 2 N–H and O–H groups in total. The number of amides is 1. The molecule has 0 aliphatic heterocycles. The normalized spacial score (nSPS) is 11.6. The number of carbonyl (C=O) groups excluding carboxylic acids is 1. The number of nitrogens with two attached hydrogens (primary N) is 1. The van der Waals surface area contributed by atoms with Gasteiger partial charge in [0.25, 0.3) is 5.91 Å². The molecule has 34 heavy (non-hydrogen) atoms.